The van der Waals surface area contributed by atoms with E-state index in [0.29, 0.717) is 35.7 Å². The average Bonchev–Trinajstić information content (AvgIpc) is 2.77. The Balaban J connectivity index is 1.93. The topological polar surface area (TPSA) is 99.0 Å². The van der Waals surface area contributed by atoms with Crippen LogP contribution in [0.25, 0.3) is 0 Å². The number of allylic oxidation sites excluding steroid dienone is 2. The molecule has 0 aromatic heterocycles. The van der Waals surface area contributed by atoms with E-state index in [9.17, 15) is 19.7 Å². The number of Topliss-reactive ketones (excluding diaryl/α,β-unsaturated/α-hetero) is 2. The third-order valence-electron chi connectivity index (χ3n) is 6.22. The maximum atomic E-state index is 13.2. The number of carbonyl (C=O) groups is 2. The van der Waals surface area contributed by atoms with Crippen molar-refractivity contribution in [3.8, 4) is 11.5 Å². The minimum absolute atomic E-state index is 0.0565. The quantitative estimate of drug-likeness (QED) is 0.367. The number of nitrogens with zero attached hydrogens (tertiary/aromatic N) is 2. The number of carbonyl (C=O) groups excluding carboxylic acids is 2. The molecule has 0 spiro atoms. The lowest BCUT2D eigenvalue weighted by molar-refractivity contribution is -0.384. The van der Waals surface area contributed by atoms with E-state index in [1.807, 2.05) is 30.9 Å². The summed E-state index contributed by atoms with van der Waals surface area (Å²) in [7, 11) is 3.08. The number of methoxy groups -OCH3 is 2. The number of non-ortho nitro benzene ring substituents is 1. The van der Waals surface area contributed by atoms with Crippen LogP contribution in [-0.2, 0) is 9.59 Å². The lowest BCUT2D eigenvalue weighted by atomic mass is 9.72. The summed E-state index contributed by atoms with van der Waals surface area (Å²) < 4.78 is 10.8. The van der Waals surface area contributed by atoms with E-state index >= 15 is 0 Å². The van der Waals surface area contributed by atoms with Crippen LogP contribution in [-0.4, -0.2) is 30.7 Å². The summed E-state index contributed by atoms with van der Waals surface area (Å²) >= 11 is 0. The number of nitro groups is 1. The summed E-state index contributed by atoms with van der Waals surface area (Å²) in [6, 6.07) is 11.3. The van der Waals surface area contributed by atoms with Crippen molar-refractivity contribution in [2.24, 2.45) is 5.41 Å². The first-order valence-electron chi connectivity index (χ1n) is 10.7. The van der Waals surface area contributed by atoms with Gasteiger partial charge < -0.3 is 14.4 Å². The fourth-order valence-corrected chi connectivity index (χ4v) is 4.79. The van der Waals surface area contributed by atoms with E-state index in [1.165, 1.54) is 19.2 Å². The van der Waals surface area contributed by atoms with Gasteiger partial charge in [-0.3, -0.25) is 19.7 Å². The Hall–Kier alpha value is -3.68. The van der Waals surface area contributed by atoms with Crippen LogP contribution in [0, 0.1) is 15.5 Å². The smallest absolute Gasteiger partial charge is 0.271 e. The molecule has 1 aliphatic heterocycles. The van der Waals surface area contributed by atoms with Gasteiger partial charge in [0.2, 0.25) is 0 Å². The summed E-state index contributed by atoms with van der Waals surface area (Å²) in [6.07, 6.45) is 0.872. The summed E-state index contributed by atoms with van der Waals surface area (Å²) in [4.78, 5) is 39.1. The highest BCUT2D eigenvalue weighted by atomic mass is 16.6. The normalized spacial score (nSPS) is 19.9. The number of anilines is 1. The van der Waals surface area contributed by atoms with E-state index in [2.05, 4.69) is 0 Å². The molecule has 172 valence electrons. The number of rotatable bonds is 5. The van der Waals surface area contributed by atoms with Gasteiger partial charge in [0.15, 0.2) is 23.1 Å². The Morgan fingerprint density at radius 2 is 1.73 bits per heavy atom. The van der Waals surface area contributed by atoms with Gasteiger partial charge in [-0.2, -0.15) is 0 Å². The van der Waals surface area contributed by atoms with Gasteiger partial charge in [0.1, 0.15) is 0 Å². The number of nitro benzene ring substituents is 1. The second kappa shape index (κ2) is 8.35. The molecule has 1 atom stereocenters. The molecule has 33 heavy (non-hydrogen) atoms. The SMILES string of the molecule is COc1ccc([C@@H]2CC(=O)C3=C(CC(C)(C)CC3=O)N2c2cccc([N+](=O)[O-])c2)cc1OC. The molecule has 0 unspecified atom stereocenters. The number of ether oxygens (including phenoxy) is 2. The van der Waals surface area contributed by atoms with Crippen molar-refractivity contribution in [2.45, 2.75) is 39.2 Å². The van der Waals surface area contributed by atoms with Crippen LogP contribution in [0.5, 0.6) is 11.5 Å². The van der Waals surface area contributed by atoms with Crippen LogP contribution in [0.1, 0.15) is 44.7 Å². The molecule has 0 saturated carbocycles. The molecule has 1 aliphatic carbocycles. The average molecular weight is 450 g/mol. The molecule has 0 saturated heterocycles. The molecule has 0 fully saturated rings. The van der Waals surface area contributed by atoms with Crippen LogP contribution in [0.4, 0.5) is 11.4 Å². The zero-order chi connectivity index (χ0) is 23.9. The number of benzene rings is 2. The molecule has 0 radical (unpaired) electrons. The van der Waals surface area contributed by atoms with E-state index in [4.69, 9.17) is 9.47 Å². The van der Waals surface area contributed by atoms with Gasteiger partial charge in [0, 0.05) is 36.4 Å². The van der Waals surface area contributed by atoms with Crippen LogP contribution < -0.4 is 14.4 Å². The second-order valence-corrected chi connectivity index (χ2v) is 9.17. The van der Waals surface area contributed by atoms with Crippen LogP contribution >= 0.6 is 0 Å². The minimum Gasteiger partial charge on any atom is -0.493 e. The van der Waals surface area contributed by atoms with Gasteiger partial charge in [0.25, 0.3) is 5.69 Å². The summed E-state index contributed by atoms with van der Waals surface area (Å²) in [5.41, 5.74) is 1.79. The summed E-state index contributed by atoms with van der Waals surface area (Å²) in [6.45, 7) is 3.98. The Morgan fingerprint density at radius 3 is 2.39 bits per heavy atom. The standard InChI is InChI=1S/C25H26N2O6/c1-25(2)13-19-24(21(29)14-25)20(28)12-18(15-8-9-22(32-3)23(10-15)33-4)26(19)16-6-5-7-17(11-16)27(30)31/h5-11,18H,12-14H2,1-4H3/t18-/m0/s1. The highest BCUT2D eigenvalue weighted by Crippen LogP contribution is 2.48. The van der Waals surface area contributed by atoms with E-state index in [1.54, 1.807) is 25.3 Å². The zero-order valence-electron chi connectivity index (χ0n) is 19.1. The largest absolute Gasteiger partial charge is 0.493 e. The van der Waals surface area contributed by atoms with Crippen molar-refractivity contribution in [3.63, 3.8) is 0 Å². The number of ketones is 2. The van der Waals surface area contributed by atoms with Gasteiger partial charge >= 0.3 is 0 Å². The van der Waals surface area contributed by atoms with Crippen LogP contribution in [0.3, 0.4) is 0 Å². The van der Waals surface area contributed by atoms with Crippen LogP contribution in [0.2, 0.25) is 0 Å². The number of hydrogen-bond donors (Lipinski definition) is 0. The highest BCUT2D eigenvalue weighted by molar-refractivity contribution is 6.22. The molecule has 8 heteroatoms. The molecule has 2 aliphatic rings. The van der Waals surface area contributed by atoms with Gasteiger partial charge in [-0.05, 0) is 35.6 Å². The first-order valence-corrected chi connectivity index (χ1v) is 10.7. The summed E-state index contributed by atoms with van der Waals surface area (Å²) in [5.74, 6) is 0.694. The third kappa shape index (κ3) is 4.08. The monoisotopic (exact) mass is 450 g/mol. The Kier molecular flexibility index (Phi) is 5.69. The van der Waals surface area contributed by atoms with E-state index in [-0.39, 0.29) is 34.7 Å². The van der Waals surface area contributed by atoms with Gasteiger partial charge in [-0.25, -0.2) is 0 Å². The van der Waals surface area contributed by atoms with Crippen molar-refractivity contribution in [1.29, 1.82) is 0 Å². The maximum Gasteiger partial charge on any atom is 0.271 e. The van der Waals surface area contributed by atoms with Crippen molar-refractivity contribution < 1.29 is 24.0 Å². The molecule has 0 N–H and O–H groups in total. The maximum absolute atomic E-state index is 13.2. The Bertz CT molecular complexity index is 1180. The van der Waals surface area contributed by atoms with E-state index in [0.717, 1.165) is 5.56 Å². The zero-order valence-corrected chi connectivity index (χ0v) is 19.1. The van der Waals surface area contributed by atoms with Gasteiger partial charge in [-0.1, -0.05) is 26.0 Å². The molecule has 8 nitrogen and oxygen atoms in total. The van der Waals surface area contributed by atoms with Crippen molar-refractivity contribution in [2.75, 3.05) is 19.1 Å². The highest BCUT2D eigenvalue weighted by Gasteiger charge is 2.44. The molecule has 1 heterocycles. The predicted molar refractivity (Wildman–Crippen MR) is 123 cm³/mol. The Morgan fingerprint density at radius 1 is 1.00 bits per heavy atom. The molecular formula is C25H26N2O6. The molecule has 0 amide bonds. The van der Waals surface area contributed by atoms with Gasteiger partial charge in [-0.15, -0.1) is 0 Å². The minimum atomic E-state index is -0.459. The van der Waals surface area contributed by atoms with E-state index < -0.39 is 11.0 Å². The predicted octanol–water partition coefficient (Wildman–Crippen LogP) is 4.78. The first kappa shape index (κ1) is 22.5. The fourth-order valence-electron chi connectivity index (χ4n) is 4.79. The molecule has 2 aromatic rings. The summed E-state index contributed by atoms with van der Waals surface area (Å²) in [5, 5.41) is 11.5. The van der Waals surface area contributed by atoms with Gasteiger partial charge in [0.05, 0.1) is 30.8 Å². The Labute approximate surface area is 191 Å². The fraction of sp³-hybridized carbons (Fsp3) is 0.360. The molecular weight excluding hydrogens is 424 g/mol. The number of hydrogen-bond acceptors (Lipinski definition) is 7. The van der Waals surface area contributed by atoms with Crippen molar-refractivity contribution in [3.05, 3.63) is 69.4 Å². The van der Waals surface area contributed by atoms with Crippen LogP contribution in [0.15, 0.2) is 53.7 Å². The first-order chi connectivity index (χ1) is 15.6. The lowest BCUT2D eigenvalue weighted by Crippen LogP contribution is -2.43. The third-order valence-corrected chi connectivity index (χ3v) is 6.22. The second-order valence-electron chi connectivity index (χ2n) is 9.17. The lowest BCUT2D eigenvalue weighted by Gasteiger charge is -2.45. The molecule has 2 aromatic carbocycles. The molecule has 4 rings (SSSR count). The van der Waals surface area contributed by atoms with Crippen molar-refractivity contribution in [1.82, 2.24) is 0 Å². The van der Waals surface area contributed by atoms with Crippen molar-refractivity contribution >= 4 is 22.9 Å². The molecule has 0 bridgehead atoms.